The molecule has 0 unspecified atom stereocenters. The first-order valence-corrected chi connectivity index (χ1v) is 4.17. The number of halogens is 1. The molecule has 0 aromatic carbocycles. The fourth-order valence-electron chi connectivity index (χ4n) is 0.233. The molecule has 0 saturated carbocycles. The highest BCUT2D eigenvalue weighted by atomic mass is 35.5. The zero-order chi connectivity index (χ0) is 7.28. The molecule has 52 valence electrons. The minimum Gasteiger partial charge on any atom is -0.249 e. The molecule has 0 aromatic heterocycles. The lowest BCUT2D eigenvalue weighted by Gasteiger charge is -1.88. The van der Waals surface area contributed by atoms with Crippen molar-refractivity contribution in [2.45, 2.75) is 13.8 Å². The van der Waals surface area contributed by atoms with E-state index in [9.17, 15) is 0 Å². The molecule has 0 aliphatic heterocycles. The van der Waals surface area contributed by atoms with Gasteiger partial charge >= 0.3 is 0 Å². The van der Waals surface area contributed by atoms with E-state index in [1.165, 1.54) is 0 Å². The van der Waals surface area contributed by atoms with Crippen LogP contribution in [-0.2, 0) is 0 Å². The normalized spacial score (nSPS) is 14.2. The molecule has 0 bridgehead atoms. The molecule has 0 aromatic rings. The van der Waals surface area contributed by atoms with Crippen molar-refractivity contribution < 1.29 is 0 Å². The summed E-state index contributed by atoms with van der Waals surface area (Å²) in [7, 11) is 0. The number of aliphatic imine (C=N–C) groups is 1. The predicted octanol–water partition coefficient (Wildman–Crippen LogP) is 2.87. The van der Waals surface area contributed by atoms with Crippen LogP contribution in [0.2, 0.25) is 0 Å². The summed E-state index contributed by atoms with van der Waals surface area (Å²) in [6.07, 6.45) is 3.76. The minimum atomic E-state index is 0.573. The Morgan fingerprint density at radius 2 is 2.11 bits per heavy atom. The van der Waals surface area contributed by atoms with Gasteiger partial charge in [-0.15, -0.1) is 11.8 Å². The molecule has 0 aliphatic carbocycles. The van der Waals surface area contributed by atoms with Crippen LogP contribution in [0.3, 0.4) is 0 Å². The lowest BCUT2D eigenvalue weighted by Crippen LogP contribution is -1.71. The molecule has 1 nitrogen and oxygen atoms in total. The highest BCUT2D eigenvalue weighted by molar-refractivity contribution is 8.02. The summed E-state index contributed by atoms with van der Waals surface area (Å²) in [5.41, 5.74) is 0. The van der Waals surface area contributed by atoms with Crippen molar-refractivity contribution in [1.29, 1.82) is 0 Å². The Kier molecular flexibility index (Phi) is 4.91. The van der Waals surface area contributed by atoms with Crippen LogP contribution in [-0.4, -0.2) is 11.4 Å². The lowest BCUT2D eigenvalue weighted by molar-refractivity contribution is 1.50. The SMILES string of the molecule is CS/C(C)=C\N=C(C)Cl. The van der Waals surface area contributed by atoms with Gasteiger partial charge in [0.2, 0.25) is 0 Å². The minimum absolute atomic E-state index is 0.573. The first-order chi connectivity index (χ1) is 4.16. The maximum Gasteiger partial charge on any atom is 0.103 e. The van der Waals surface area contributed by atoms with Crippen LogP contribution in [0, 0.1) is 0 Å². The zero-order valence-corrected chi connectivity index (χ0v) is 7.38. The summed E-state index contributed by atoms with van der Waals surface area (Å²) in [6.45, 7) is 3.75. The number of nitrogens with zero attached hydrogens (tertiary/aromatic N) is 1. The Bertz CT molecular complexity index is 136. The van der Waals surface area contributed by atoms with E-state index >= 15 is 0 Å². The monoisotopic (exact) mass is 163 g/mol. The van der Waals surface area contributed by atoms with Crippen LogP contribution in [0.5, 0.6) is 0 Å². The highest BCUT2D eigenvalue weighted by Crippen LogP contribution is 2.08. The van der Waals surface area contributed by atoms with E-state index in [2.05, 4.69) is 4.99 Å². The number of rotatable bonds is 2. The van der Waals surface area contributed by atoms with Crippen molar-refractivity contribution in [1.82, 2.24) is 0 Å². The van der Waals surface area contributed by atoms with Crippen molar-refractivity contribution in [3.05, 3.63) is 11.1 Å². The van der Waals surface area contributed by atoms with Gasteiger partial charge in [-0.3, -0.25) is 0 Å². The molecule has 3 heteroatoms. The molecule has 0 amide bonds. The summed E-state index contributed by atoms with van der Waals surface area (Å²) >= 11 is 7.14. The van der Waals surface area contributed by atoms with E-state index in [0.29, 0.717) is 5.17 Å². The molecule has 9 heavy (non-hydrogen) atoms. The van der Waals surface area contributed by atoms with Gasteiger partial charge in [0.1, 0.15) is 5.17 Å². The van der Waals surface area contributed by atoms with Crippen LogP contribution >= 0.6 is 23.4 Å². The quantitative estimate of drug-likeness (QED) is 0.571. The van der Waals surface area contributed by atoms with Crippen molar-refractivity contribution in [3.8, 4) is 0 Å². The van der Waals surface area contributed by atoms with Crippen LogP contribution < -0.4 is 0 Å². The smallest absolute Gasteiger partial charge is 0.103 e. The van der Waals surface area contributed by atoms with E-state index in [4.69, 9.17) is 11.6 Å². The highest BCUT2D eigenvalue weighted by Gasteiger charge is 1.80. The molecule has 0 heterocycles. The molecule has 0 radical (unpaired) electrons. The summed E-state index contributed by atoms with van der Waals surface area (Å²) in [5.74, 6) is 0. The topological polar surface area (TPSA) is 12.4 Å². The largest absolute Gasteiger partial charge is 0.249 e. The molecule has 0 N–H and O–H groups in total. The summed E-state index contributed by atoms with van der Waals surface area (Å²) in [6, 6.07) is 0. The number of thioether (sulfide) groups is 1. The first kappa shape index (κ1) is 9.05. The third-order valence-electron chi connectivity index (χ3n) is 0.746. The van der Waals surface area contributed by atoms with Crippen molar-refractivity contribution in [2.24, 2.45) is 4.99 Å². The van der Waals surface area contributed by atoms with Crippen LogP contribution in [0.4, 0.5) is 0 Å². The summed E-state index contributed by atoms with van der Waals surface area (Å²) < 4.78 is 0. The van der Waals surface area contributed by atoms with E-state index in [1.54, 1.807) is 24.9 Å². The number of hydrogen-bond acceptors (Lipinski definition) is 2. The average Bonchev–Trinajstić information content (AvgIpc) is 1.83. The lowest BCUT2D eigenvalue weighted by atomic mass is 10.7. The van der Waals surface area contributed by atoms with Crippen molar-refractivity contribution in [2.75, 3.05) is 6.26 Å². The molecule has 0 saturated heterocycles. The molecule has 0 aliphatic rings. The summed E-state index contributed by atoms with van der Waals surface area (Å²) in [5, 5.41) is 0.573. The van der Waals surface area contributed by atoms with Crippen LogP contribution in [0.15, 0.2) is 16.1 Å². The Morgan fingerprint density at radius 1 is 1.56 bits per heavy atom. The van der Waals surface area contributed by atoms with Gasteiger partial charge in [0.25, 0.3) is 0 Å². The maximum absolute atomic E-state index is 5.47. The van der Waals surface area contributed by atoms with Gasteiger partial charge < -0.3 is 0 Å². The second-order valence-corrected chi connectivity index (χ2v) is 3.17. The van der Waals surface area contributed by atoms with Gasteiger partial charge in [-0.05, 0) is 25.0 Å². The van der Waals surface area contributed by atoms with Crippen molar-refractivity contribution in [3.63, 3.8) is 0 Å². The third kappa shape index (κ3) is 5.93. The average molecular weight is 164 g/mol. The van der Waals surface area contributed by atoms with Crippen molar-refractivity contribution >= 4 is 28.5 Å². The molecule has 0 fully saturated rings. The fraction of sp³-hybridized carbons (Fsp3) is 0.500. The third-order valence-corrected chi connectivity index (χ3v) is 1.59. The molecule has 0 rings (SSSR count). The summed E-state index contributed by atoms with van der Waals surface area (Å²) in [4.78, 5) is 5.06. The molecule has 0 spiro atoms. The second kappa shape index (κ2) is 4.89. The number of allylic oxidation sites excluding steroid dienone is 1. The Morgan fingerprint density at radius 3 is 2.44 bits per heavy atom. The van der Waals surface area contributed by atoms with Gasteiger partial charge in [0.15, 0.2) is 0 Å². The van der Waals surface area contributed by atoms with Gasteiger partial charge in [-0.25, -0.2) is 4.99 Å². The van der Waals surface area contributed by atoms with E-state index in [0.717, 1.165) is 4.91 Å². The van der Waals surface area contributed by atoms with E-state index in [1.807, 2.05) is 13.2 Å². The van der Waals surface area contributed by atoms with Gasteiger partial charge in [-0.2, -0.15) is 0 Å². The Hall–Kier alpha value is 0.0500. The Labute approximate surface area is 65.2 Å². The van der Waals surface area contributed by atoms with Gasteiger partial charge in [0.05, 0.1) is 0 Å². The van der Waals surface area contributed by atoms with Gasteiger partial charge in [0, 0.05) is 6.20 Å². The Balaban J connectivity index is 3.83. The molecular formula is C6H10ClNS. The van der Waals surface area contributed by atoms with E-state index in [-0.39, 0.29) is 0 Å². The number of hydrogen-bond donors (Lipinski definition) is 0. The van der Waals surface area contributed by atoms with Crippen LogP contribution in [0.1, 0.15) is 13.8 Å². The standard InChI is InChI=1S/C6H10ClNS/c1-5(9-3)4-8-6(2)7/h4H,1-3H3/b5-4-,8-6?. The second-order valence-electron chi connectivity index (χ2n) is 1.57. The predicted molar refractivity (Wildman–Crippen MR) is 46.2 cm³/mol. The molecular weight excluding hydrogens is 154 g/mol. The van der Waals surface area contributed by atoms with E-state index < -0.39 is 0 Å². The first-order valence-electron chi connectivity index (χ1n) is 2.57. The van der Waals surface area contributed by atoms with Crippen LogP contribution in [0.25, 0.3) is 0 Å². The molecule has 0 atom stereocenters. The van der Waals surface area contributed by atoms with Gasteiger partial charge in [-0.1, -0.05) is 11.6 Å². The maximum atomic E-state index is 5.47. The zero-order valence-electron chi connectivity index (χ0n) is 5.81. The fourth-order valence-corrected chi connectivity index (χ4v) is 0.439.